The predicted octanol–water partition coefficient (Wildman–Crippen LogP) is 3.90. The SMILES string of the molecule is CCC(CC(C)(C)C)S(C)(C)C. The molecule has 0 aromatic heterocycles. The summed E-state index contributed by atoms with van der Waals surface area (Å²) in [6.45, 7) is 9.37. The summed E-state index contributed by atoms with van der Waals surface area (Å²) in [7, 11) is -0.348. The largest absolute Gasteiger partial charge is 0.247 e. The molecule has 12 heavy (non-hydrogen) atoms. The maximum Gasteiger partial charge on any atom is -0.0117 e. The van der Waals surface area contributed by atoms with E-state index < -0.39 is 0 Å². The molecule has 0 amide bonds. The van der Waals surface area contributed by atoms with Crippen LogP contribution in [0, 0.1) is 5.41 Å². The maximum atomic E-state index is 2.44. The zero-order valence-corrected chi connectivity index (χ0v) is 10.7. The number of rotatable bonds is 3. The van der Waals surface area contributed by atoms with Crippen molar-refractivity contribution in [2.75, 3.05) is 18.8 Å². The summed E-state index contributed by atoms with van der Waals surface area (Å²) in [4.78, 5) is 0. The minimum atomic E-state index is -0.348. The fraction of sp³-hybridized carbons (Fsp3) is 1.00. The second kappa shape index (κ2) is 4.04. The quantitative estimate of drug-likeness (QED) is 0.633. The van der Waals surface area contributed by atoms with E-state index in [2.05, 4.69) is 46.5 Å². The van der Waals surface area contributed by atoms with E-state index in [0.717, 1.165) is 5.25 Å². The van der Waals surface area contributed by atoms with Crippen molar-refractivity contribution in [3.8, 4) is 0 Å². The van der Waals surface area contributed by atoms with E-state index in [4.69, 9.17) is 0 Å². The molecular formula is C11H26S. The molecule has 0 nitrogen and oxygen atoms in total. The van der Waals surface area contributed by atoms with Crippen LogP contribution in [0.2, 0.25) is 0 Å². The van der Waals surface area contributed by atoms with Gasteiger partial charge in [-0.2, -0.15) is 0 Å². The van der Waals surface area contributed by atoms with Crippen molar-refractivity contribution < 1.29 is 0 Å². The fourth-order valence-electron chi connectivity index (χ4n) is 1.58. The highest BCUT2D eigenvalue weighted by molar-refractivity contribution is 8.32. The topological polar surface area (TPSA) is 0 Å². The monoisotopic (exact) mass is 190 g/mol. The van der Waals surface area contributed by atoms with Crippen molar-refractivity contribution in [3.05, 3.63) is 0 Å². The van der Waals surface area contributed by atoms with Gasteiger partial charge in [0.1, 0.15) is 0 Å². The molecule has 1 unspecified atom stereocenters. The Morgan fingerprint density at radius 2 is 1.50 bits per heavy atom. The van der Waals surface area contributed by atoms with E-state index in [-0.39, 0.29) is 10.0 Å². The lowest BCUT2D eigenvalue weighted by Gasteiger charge is -2.39. The molecule has 0 aromatic carbocycles. The Balaban J connectivity index is 4.20. The van der Waals surface area contributed by atoms with Gasteiger partial charge in [0.25, 0.3) is 0 Å². The van der Waals surface area contributed by atoms with Crippen LogP contribution in [-0.2, 0) is 0 Å². The number of hydrogen-bond acceptors (Lipinski definition) is 0. The van der Waals surface area contributed by atoms with Crippen molar-refractivity contribution in [2.24, 2.45) is 5.41 Å². The predicted molar refractivity (Wildman–Crippen MR) is 63.5 cm³/mol. The highest BCUT2D eigenvalue weighted by atomic mass is 32.3. The average molecular weight is 190 g/mol. The molecule has 0 saturated heterocycles. The van der Waals surface area contributed by atoms with Crippen LogP contribution in [0.3, 0.4) is 0 Å². The molecule has 0 aliphatic carbocycles. The second-order valence-corrected chi connectivity index (χ2v) is 10.3. The molecule has 0 aliphatic rings. The van der Waals surface area contributed by atoms with Gasteiger partial charge < -0.3 is 0 Å². The Kier molecular flexibility index (Phi) is 4.16. The van der Waals surface area contributed by atoms with Crippen molar-refractivity contribution in [1.82, 2.24) is 0 Å². The first-order valence-corrected chi connectivity index (χ1v) is 7.76. The van der Waals surface area contributed by atoms with Crippen LogP contribution >= 0.6 is 10.0 Å². The van der Waals surface area contributed by atoms with Gasteiger partial charge in [0.2, 0.25) is 0 Å². The summed E-state index contributed by atoms with van der Waals surface area (Å²) in [6.07, 6.45) is 10.0. The summed E-state index contributed by atoms with van der Waals surface area (Å²) >= 11 is 0. The van der Waals surface area contributed by atoms with Gasteiger partial charge in [-0.1, -0.05) is 27.7 Å². The van der Waals surface area contributed by atoms with Gasteiger partial charge in [-0.05, 0) is 42.3 Å². The Hall–Kier alpha value is 0.350. The first-order chi connectivity index (χ1) is 5.17. The van der Waals surface area contributed by atoms with Gasteiger partial charge in [-0.15, -0.1) is 0 Å². The first-order valence-electron chi connectivity index (χ1n) is 4.84. The van der Waals surface area contributed by atoms with Gasteiger partial charge in [0, 0.05) is 0 Å². The van der Waals surface area contributed by atoms with Crippen LogP contribution < -0.4 is 0 Å². The van der Waals surface area contributed by atoms with E-state index in [1.54, 1.807) is 0 Å². The zero-order valence-electron chi connectivity index (χ0n) is 9.90. The van der Waals surface area contributed by atoms with Crippen molar-refractivity contribution >= 4 is 10.0 Å². The smallest absolute Gasteiger partial charge is 0.0117 e. The normalized spacial score (nSPS) is 17.6. The van der Waals surface area contributed by atoms with Gasteiger partial charge in [0.15, 0.2) is 0 Å². The van der Waals surface area contributed by atoms with E-state index in [9.17, 15) is 0 Å². The van der Waals surface area contributed by atoms with E-state index in [0.29, 0.717) is 5.41 Å². The maximum absolute atomic E-state index is 2.44. The molecule has 0 saturated carbocycles. The molecule has 0 heterocycles. The van der Waals surface area contributed by atoms with Gasteiger partial charge in [0.05, 0.1) is 0 Å². The minimum absolute atomic E-state index is 0.348. The van der Waals surface area contributed by atoms with Crippen LogP contribution in [0.25, 0.3) is 0 Å². The lowest BCUT2D eigenvalue weighted by atomic mass is 9.90. The number of hydrogen-bond donors (Lipinski definition) is 0. The van der Waals surface area contributed by atoms with Crippen LogP contribution in [0.15, 0.2) is 0 Å². The molecule has 0 N–H and O–H groups in total. The molecule has 1 heteroatoms. The third kappa shape index (κ3) is 5.08. The van der Waals surface area contributed by atoms with Crippen molar-refractivity contribution in [1.29, 1.82) is 0 Å². The molecule has 76 valence electrons. The van der Waals surface area contributed by atoms with E-state index in [1.807, 2.05) is 0 Å². The molecule has 0 aromatic rings. The van der Waals surface area contributed by atoms with Crippen LogP contribution in [0.5, 0.6) is 0 Å². The second-order valence-electron chi connectivity index (χ2n) is 5.73. The molecule has 0 fully saturated rings. The minimum Gasteiger partial charge on any atom is -0.247 e. The average Bonchev–Trinajstić information content (AvgIpc) is 1.78. The molecule has 0 rings (SSSR count). The van der Waals surface area contributed by atoms with Crippen LogP contribution in [0.4, 0.5) is 0 Å². The summed E-state index contributed by atoms with van der Waals surface area (Å²) < 4.78 is 0. The first kappa shape index (κ1) is 12.3. The Labute approximate surface area is 80.4 Å². The lowest BCUT2D eigenvalue weighted by Crippen LogP contribution is -2.22. The van der Waals surface area contributed by atoms with E-state index in [1.165, 1.54) is 12.8 Å². The van der Waals surface area contributed by atoms with Crippen LogP contribution in [-0.4, -0.2) is 24.0 Å². The van der Waals surface area contributed by atoms with Crippen LogP contribution in [0.1, 0.15) is 40.5 Å². The Morgan fingerprint density at radius 3 is 1.58 bits per heavy atom. The van der Waals surface area contributed by atoms with Crippen molar-refractivity contribution in [3.63, 3.8) is 0 Å². The molecule has 1 atom stereocenters. The zero-order chi connectivity index (χ0) is 9.99. The van der Waals surface area contributed by atoms with Gasteiger partial charge in [-0.3, -0.25) is 0 Å². The third-order valence-corrected chi connectivity index (χ3v) is 4.80. The fourth-order valence-corrected chi connectivity index (χ4v) is 3.58. The van der Waals surface area contributed by atoms with E-state index >= 15 is 0 Å². The van der Waals surface area contributed by atoms with Gasteiger partial charge >= 0.3 is 0 Å². The summed E-state index contributed by atoms with van der Waals surface area (Å²) in [6, 6.07) is 0. The van der Waals surface area contributed by atoms with Crippen molar-refractivity contribution in [2.45, 2.75) is 45.8 Å². The molecule has 0 aliphatic heterocycles. The summed E-state index contributed by atoms with van der Waals surface area (Å²) in [5.74, 6) is 0. The molecule has 0 radical (unpaired) electrons. The highest BCUT2D eigenvalue weighted by Gasteiger charge is 2.23. The Bertz CT molecular complexity index is 125. The standard InChI is InChI=1S/C11H26S/c1-8-10(12(5,6)7)9-11(2,3)4/h10H,8-9H2,1-7H3. The Morgan fingerprint density at radius 1 is 1.08 bits per heavy atom. The summed E-state index contributed by atoms with van der Waals surface area (Å²) in [5.41, 5.74) is 0.501. The van der Waals surface area contributed by atoms with Gasteiger partial charge in [-0.25, -0.2) is 10.0 Å². The third-order valence-electron chi connectivity index (χ3n) is 2.30. The molecular weight excluding hydrogens is 164 g/mol. The molecule has 0 bridgehead atoms. The highest BCUT2D eigenvalue weighted by Crippen LogP contribution is 2.47. The summed E-state index contributed by atoms with van der Waals surface area (Å²) in [5, 5.41) is 0.942. The lowest BCUT2D eigenvalue weighted by molar-refractivity contribution is 0.368. The molecule has 0 spiro atoms.